The summed E-state index contributed by atoms with van der Waals surface area (Å²) in [5, 5.41) is 12.3. The van der Waals surface area contributed by atoms with Gasteiger partial charge < -0.3 is 15.0 Å². The van der Waals surface area contributed by atoms with Crippen molar-refractivity contribution in [1.82, 2.24) is 5.32 Å². The Hall–Kier alpha value is -3.10. The van der Waals surface area contributed by atoms with Crippen molar-refractivity contribution in [2.45, 2.75) is 13.0 Å². The van der Waals surface area contributed by atoms with E-state index in [1.807, 2.05) is 67.6 Å². The van der Waals surface area contributed by atoms with Crippen LogP contribution in [0, 0.1) is 11.3 Å². The van der Waals surface area contributed by atoms with E-state index in [2.05, 4.69) is 10.2 Å². The van der Waals surface area contributed by atoms with E-state index in [9.17, 15) is 10.1 Å². The molecule has 0 radical (unpaired) electrons. The Labute approximate surface area is 159 Å². The Bertz CT molecular complexity index is 832. The van der Waals surface area contributed by atoms with Crippen LogP contribution in [-0.4, -0.2) is 32.2 Å². The molecule has 5 nitrogen and oxygen atoms in total. The summed E-state index contributed by atoms with van der Waals surface area (Å²) in [5.74, 6) is -0.369. The first-order valence-corrected chi connectivity index (χ1v) is 9.08. The van der Waals surface area contributed by atoms with E-state index in [-0.39, 0.29) is 17.5 Å². The number of benzene rings is 2. The molecule has 5 heteroatoms. The van der Waals surface area contributed by atoms with Crippen LogP contribution >= 0.6 is 0 Å². The summed E-state index contributed by atoms with van der Waals surface area (Å²) in [6.45, 7) is 5.12. The van der Waals surface area contributed by atoms with Gasteiger partial charge in [-0.25, -0.2) is 0 Å². The van der Waals surface area contributed by atoms with Gasteiger partial charge in [-0.3, -0.25) is 4.79 Å². The van der Waals surface area contributed by atoms with Gasteiger partial charge in [-0.2, -0.15) is 5.26 Å². The van der Waals surface area contributed by atoms with Gasteiger partial charge in [-0.05, 0) is 36.3 Å². The Morgan fingerprint density at radius 2 is 1.81 bits per heavy atom. The van der Waals surface area contributed by atoms with Crippen LogP contribution in [0.5, 0.6) is 0 Å². The van der Waals surface area contributed by atoms with Crippen LogP contribution in [0.1, 0.15) is 24.1 Å². The largest absolute Gasteiger partial charge is 0.378 e. The van der Waals surface area contributed by atoms with Gasteiger partial charge in [0.1, 0.15) is 11.6 Å². The molecule has 2 aromatic carbocycles. The van der Waals surface area contributed by atoms with Crippen molar-refractivity contribution in [3.05, 3.63) is 71.3 Å². The van der Waals surface area contributed by atoms with Crippen molar-refractivity contribution in [2.24, 2.45) is 0 Å². The monoisotopic (exact) mass is 361 g/mol. The average molecular weight is 361 g/mol. The molecule has 1 unspecified atom stereocenters. The van der Waals surface area contributed by atoms with E-state index in [0.29, 0.717) is 0 Å². The third-order valence-corrected chi connectivity index (χ3v) is 4.59. The summed E-state index contributed by atoms with van der Waals surface area (Å²) < 4.78 is 5.37. The fourth-order valence-electron chi connectivity index (χ4n) is 3.02. The number of anilines is 1. The quantitative estimate of drug-likeness (QED) is 0.655. The van der Waals surface area contributed by atoms with Crippen LogP contribution in [-0.2, 0) is 9.53 Å². The van der Waals surface area contributed by atoms with Gasteiger partial charge in [0.15, 0.2) is 0 Å². The summed E-state index contributed by atoms with van der Waals surface area (Å²) in [7, 11) is 0. The summed E-state index contributed by atoms with van der Waals surface area (Å²) in [4.78, 5) is 14.7. The molecule has 0 spiro atoms. The van der Waals surface area contributed by atoms with Gasteiger partial charge in [0, 0.05) is 18.8 Å². The zero-order chi connectivity index (χ0) is 19.1. The molecule has 1 fully saturated rings. The zero-order valence-electron chi connectivity index (χ0n) is 15.4. The maximum atomic E-state index is 12.5. The summed E-state index contributed by atoms with van der Waals surface area (Å²) >= 11 is 0. The van der Waals surface area contributed by atoms with Crippen LogP contribution in [0.4, 0.5) is 5.69 Å². The lowest BCUT2D eigenvalue weighted by atomic mass is 10.1. The van der Waals surface area contributed by atoms with Crippen molar-refractivity contribution < 1.29 is 9.53 Å². The van der Waals surface area contributed by atoms with E-state index in [4.69, 9.17) is 4.74 Å². The first kappa shape index (κ1) is 18.7. The normalized spacial score (nSPS) is 15.7. The van der Waals surface area contributed by atoms with Crippen LogP contribution in [0.15, 0.2) is 60.2 Å². The molecule has 0 saturated carbocycles. The topological polar surface area (TPSA) is 65.4 Å². The molecule has 2 aromatic rings. The molecule has 3 rings (SSSR count). The van der Waals surface area contributed by atoms with E-state index in [1.165, 1.54) is 0 Å². The molecule has 1 aliphatic rings. The molecule has 1 heterocycles. The average Bonchev–Trinajstić information content (AvgIpc) is 2.73. The standard InChI is InChI=1S/C22H23N3O2/c1-17(19-5-3-2-4-6-19)24-22(26)20(16-23)15-18-7-9-21(10-8-18)25-11-13-27-14-12-25/h2-10,15,17H,11-14H2,1H3,(H,24,26)/b20-15+. The molecular weight excluding hydrogens is 338 g/mol. The highest BCUT2D eigenvalue weighted by atomic mass is 16.5. The highest BCUT2D eigenvalue weighted by Crippen LogP contribution is 2.18. The SMILES string of the molecule is CC(NC(=O)/C(C#N)=C/c1ccc(N2CCOCC2)cc1)c1ccccc1. The van der Waals surface area contributed by atoms with Crippen LogP contribution in [0.2, 0.25) is 0 Å². The molecule has 1 amide bonds. The molecule has 27 heavy (non-hydrogen) atoms. The van der Waals surface area contributed by atoms with Gasteiger partial charge in [0.05, 0.1) is 19.3 Å². The van der Waals surface area contributed by atoms with E-state index >= 15 is 0 Å². The van der Waals surface area contributed by atoms with Crippen molar-refractivity contribution in [3.63, 3.8) is 0 Å². The molecule has 1 N–H and O–H groups in total. The Kier molecular flexibility index (Phi) is 6.24. The first-order chi connectivity index (χ1) is 13.2. The number of nitrogens with one attached hydrogen (secondary N) is 1. The number of nitrogens with zero attached hydrogens (tertiary/aromatic N) is 2. The number of amides is 1. The minimum Gasteiger partial charge on any atom is -0.378 e. The van der Waals surface area contributed by atoms with Gasteiger partial charge in [0.25, 0.3) is 5.91 Å². The Morgan fingerprint density at radius 3 is 2.44 bits per heavy atom. The van der Waals surface area contributed by atoms with Crippen LogP contribution in [0.25, 0.3) is 6.08 Å². The number of hydrogen-bond donors (Lipinski definition) is 1. The molecule has 1 saturated heterocycles. The summed E-state index contributed by atoms with van der Waals surface area (Å²) in [6.07, 6.45) is 1.62. The lowest BCUT2D eigenvalue weighted by molar-refractivity contribution is -0.117. The number of nitriles is 1. The predicted octanol–water partition coefficient (Wildman–Crippen LogP) is 3.31. The van der Waals surface area contributed by atoms with E-state index in [1.54, 1.807) is 6.08 Å². The summed E-state index contributed by atoms with van der Waals surface area (Å²) in [6, 6.07) is 19.4. The van der Waals surface area contributed by atoms with Crippen molar-refractivity contribution in [1.29, 1.82) is 5.26 Å². The van der Waals surface area contributed by atoms with E-state index < -0.39 is 0 Å². The highest BCUT2D eigenvalue weighted by Gasteiger charge is 2.14. The highest BCUT2D eigenvalue weighted by molar-refractivity contribution is 6.01. The number of carbonyl (C=O) groups is 1. The first-order valence-electron chi connectivity index (χ1n) is 9.08. The third kappa shape index (κ3) is 4.96. The fraction of sp³-hybridized carbons (Fsp3) is 0.273. The maximum absolute atomic E-state index is 12.5. The van der Waals surface area contributed by atoms with Gasteiger partial charge in [-0.15, -0.1) is 0 Å². The molecule has 0 bridgehead atoms. The minimum absolute atomic E-state index is 0.0944. The second kappa shape index (κ2) is 9.02. The molecule has 0 aromatic heterocycles. The number of hydrogen-bond acceptors (Lipinski definition) is 4. The minimum atomic E-state index is -0.369. The zero-order valence-corrected chi connectivity index (χ0v) is 15.4. The van der Waals surface area contributed by atoms with Gasteiger partial charge in [0.2, 0.25) is 0 Å². The smallest absolute Gasteiger partial charge is 0.262 e. The van der Waals surface area contributed by atoms with Crippen molar-refractivity contribution in [3.8, 4) is 6.07 Å². The predicted molar refractivity (Wildman–Crippen MR) is 106 cm³/mol. The lowest BCUT2D eigenvalue weighted by Gasteiger charge is -2.28. The number of ether oxygens (including phenoxy) is 1. The second-order valence-electron chi connectivity index (χ2n) is 6.47. The lowest BCUT2D eigenvalue weighted by Crippen LogP contribution is -2.36. The number of morpholine rings is 1. The Balaban J connectivity index is 1.68. The molecule has 1 atom stereocenters. The maximum Gasteiger partial charge on any atom is 0.262 e. The fourth-order valence-corrected chi connectivity index (χ4v) is 3.02. The molecule has 0 aliphatic carbocycles. The van der Waals surface area contributed by atoms with Gasteiger partial charge >= 0.3 is 0 Å². The van der Waals surface area contributed by atoms with Crippen molar-refractivity contribution >= 4 is 17.7 Å². The second-order valence-corrected chi connectivity index (χ2v) is 6.47. The van der Waals surface area contributed by atoms with Crippen LogP contribution < -0.4 is 10.2 Å². The van der Waals surface area contributed by atoms with Crippen molar-refractivity contribution in [2.75, 3.05) is 31.2 Å². The molecular formula is C22H23N3O2. The molecule has 138 valence electrons. The third-order valence-electron chi connectivity index (χ3n) is 4.59. The summed E-state index contributed by atoms with van der Waals surface area (Å²) in [5.41, 5.74) is 3.04. The van der Waals surface area contributed by atoms with E-state index in [0.717, 1.165) is 43.1 Å². The molecule has 1 aliphatic heterocycles. The van der Waals surface area contributed by atoms with Crippen LogP contribution in [0.3, 0.4) is 0 Å². The van der Waals surface area contributed by atoms with Gasteiger partial charge in [-0.1, -0.05) is 42.5 Å². The number of rotatable bonds is 5. The Morgan fingerprint density at radius 1 is 1.15 bits per heavy atom. The number of carbonyl (C=O) groups excluding carboxylic acids is 1.